The lowest BCUT2D eigenvalue weighted by molar-refractivity contribution is 0.298. The Hall–Kier alpha value is -2.84. The Morgan fingerprint density at radius 1 is 0.733 bits per heavy atom. The lowest BCUT2D eigenvalue weighted by Gasteiger charge is -2.17. The second-order valence-electron chi connectivity index (χ2n) is 7.57. The van der Waals surface area contributed by atoms with Crippen LogP contribution in [0.2, 0.25) is 0 Å². The largest absolute Gasteiger partial charge is 0.385 e. The van der Waals surface area contributed by atoms with E-state index in [0.717, 1.165) is 19.6 Å². The maximum absolute atomic E-state index is 3.57. The van der Waals surface area contributed by atoms with E-state index >= 15 is 0 Å². The average molecular weight is 399 g/mol. The molecule has 0 unspecified atom stereocenters. The molecule has 0 aromatic heterocycles. The van der Waals surface area contributed by atoms with E-state index in [0.29, 0.717) is 0 Å². The first-order valence-electron chi connectivity index (χ1n) is 11.2. The lowest BCUT2D eigenvalue weighted by atomic mass is 9.95. The predicted molar refractivity (Wildman–Crippen MR) is 132 cm³/mol. The van der Waals surface area contributed by atoms with E-state index in [-0.39, 0.29) is 0 Å². The summed E-state index contributed by atoms with van der Waals surface area (Å²) >= 11 is 0. The number of benzene rings is 3. The Balaban J connectivity index is 1.65. The minimum absolute atomic E-state index is 1.02. The molecule has 0 amide bonds. The number of anilines is 1. The van der Waals surface area contributed by atoms with Gasteiger partial charge in [-0.2, -0.15) is 0 Å². The van der Waals surface area contributed by atoms with Crippen LogP contribution in [0.5, 0.6) is 0 Å². The van der Waals surface area contributed by atoms with Crippen molar-refractivity contribution in [2.24, 2.45) is 0 Å². The van der Waals surface area contributed by atoms with Crippen LogP contribution in [0.3, 0.4) is 0 Å². The molecule has 0 fully saturated rings. The standard InChI is InChI=1S/C28H34N2/c1-3-30(4-2)22-12-11-21-29-27-19-17-26(18-20-27)28(25-15-9-6-10-16-25)23-24-13-7-5-8-14-24/h5-10,13-20,23,29H,3-4,11-12,21-22H2,1-2H3/b28-23+. The van der Waals surface area contributed by atoms with Crippen molar-refractivity contribution in [2.75, 3.05) is 31.5 Å². The Morgan fingerprint density at radius 3 is 1.97 bits per heavy atom. The second-order valence-corrected chi connectivity index (χ2v) is 7.57. The van der Waals surface area contributed by atoms with Gasteiger partial charge in [-0.1, -0.05) is 86.6 Å². The first kappa shape index (κ1) is 21.9. The van der Waals surface area contributed by atoms with Crippen LogP contribution >= 0.6 is 0 Å². The van der Waals surface area contributed by atoms with Crippen LogP contribution in [0.4, 0.5) is 5.69 Å². The number of nitrogens with zero attached hydrogens (tertiary/aromatic N) is 1. The topological polar surface area (TPSA) is 15.3 Å². The highest BCUT2D eigenvalue weighted by atomic mass is 15.1. The van der Waals surface area contributed by atoms with Crippen molar-refractivity contribution in [3.05, 3.63) is 102 Å². The molecule has 0 saturated carbocycles. The summed E-state index contributed by atoms with van der Waals surface area (Å²) in [6.45, 7) is 8.97. The Bertz CT molecular complexity index is 879. The average Bonchev–Trinajstić information content (AvgIpc) is 2.82. The molecule has 2 heteroatoms. The summed E-state index contributed by atoms with van der Waals surface area (Å²) in [4.78, 5) is 2.49. The fourth-order valence-electron chi connectivity index (χ4n) is 3.67. The summed E-state index contributed by atoms with van der Waals surface area (Å²) in [7, 11) is 0. The summed E-state index contributed by atoms with van der Waals surface area (Å²) in [6.07, 6.45) is 4.71. The van der Waals surface area contributed by atoms with Gasteiger partial charge >= 0.3 is 0 Å². The molecule has 3 aromatic rings. The number of hydrogen-bond acceptors (Lipinski definition) is 2. The number of nitrogens with one attached hydrogen (secondary N) is 1. The van der Waals surface area contributed by atoms with Crippen LogP contribution in [0, 0.1) is 0 Å². The molecule has 30 heavy (non-hydrogen) atoms. The highest BCUT2D eigenvalue weighted by Gasteiger charge is 2.06. The molecule has 0 radical (unpaired) electrons. The van der Waals surface area contributed by atoms with E-state index in [4.69, 9.17) is 0 Å². The molecular weight excluding hydrogens is 364 g/mol. The third-order valence-electron chi connectivity index (χ3n) is 5.52. The van der Waals surface area contributed by atoms with Crippen LogP contribution in [0.1, 0.15) is 43.4 Å². The zero-order valence-electron chi connectivity index (χ0n) is 18.4. The molecule has 0 bridgehead atoms. The van der Waals surface area contributed by atoms with Gasteiger partial charge in [0.25, 0.3) is 0 Å². The number of rotatable bonds is 11. The van der Waals surface area contributed by atoms with E-state index < -0.39 is 0 Å². The number of unbranched alkanes of at least 4 members (excludes halogenated alkanes) is 1. The highest BCUT2D eigenvalue weighted by molar-refractivity contribution is 5.91. The van der Waals surface area contributed by atoms with Crippen molar-refractivity contribution in [3.63, 3.8) is 0 Å². The molecule has 0 saturated heterocycles. The number of hydrogen-bond donors (Lipinski definition) is 1. The van der Waals surface area contributed by atoms with Gasteiger partial charge in [-0.3, -0.25) is 0 Å². The van der Waals surface area contributed by atoms with E-state index in [1.165, 1.54) is 47.3 Å². The Morgan fingerprint density at radius 2 is 1.33 bits per heavy atom. The smallest absolute Gasteiger partial charge is 0.0340 e. The zero-order chi connectivity index (χ0) is 21.0. The van der Waals surface area contributed by atoms with Crippen molar-refractivity contribution in [1.29, 1.82) is 0 Å². The minimum Gasteiger partial charge on any atom is -0.385 e. The summed E-state index contributed by atoms with van der Waals surface area (Å²) < 4.78 is 0. The summed E-state index contributed by atoms with van der Waals surface area (Å²) in [5.74, 6) is 0. The molecule has 2 nitrogen and oxygen atoms in total. The van der Waals surface area contributed by atoms with Crippen LogP contribution in [-0.4, -0.2) is 31.1 Å². The van der Waals surface area contributed by atoms with Gasteiger partial charge in [0.2, 0.25) is 0 Å². The molecule has 0 aliphatic rings. The van der Waals surface area contributed by atoms with Crippen LogP contribution in [0.15, 0.2) is 84.9 Å². The second kappa shape index (κ2) is 12.0. The quantitative estimate of drug-likeness (QED) is 0.282. The van der Waals surface area contributed by atoms with Crippen molar-refractivity contribution >= 4 is 17.3 Å². The van der Waals surface area contributed by atoms with Crippen molar-refractivity contribution in [3.8, 4) is 0 Å². The molecule has 3 rings (SSSR count). The fraction of sp³-hybridized carbons (Fsp3) is 0.286. The lowest BCUT2D eigenvalue weighted by Crippen LogP contribution is -2.24. The van der Waals surface area contributed by atoms with Crippen molar-refractivity contribution in [2.45, 2.75) is 26.7 Å². The SMILES string of the molecule is CCN(CC)CCCCNc1ccc(/C(=C/c2ccccc2)c2ccccc2)cc1. The molecule has 156 valence electrons. The third kappa shape index (κ3) is 6.60. The summed E-state index contributed by atoms with van der Waals surface area (Å²) in [5, 5.41) is 3.57. The monoisotopic (exact) mass is 398 g/mol. The van der Waals surface area contributed by atoms with Gasteiger partial charge in [0.05, 0.1) is 0 Å². The zero-order valence-corrected chi connectivity index (χ0v) is 18.4. The highest BCUT2D eigenvalue weighted by Crippen LogP contribution is 2.27. The van der Waals surface area contributed by atoms with Crippen molar-refractivity contribution < 1.29 is 0 Å². The van der Waals surface area contributed by atoms with E-state index in [1.54, 1.807) is 0 Å². The normalized spacial score (nSPS) is 11.6. The first-order valence-corrected chi connectivity index (χ1v) is 11.2. The molecule has 3 aromatic carbocycles. The predicted octanol–water partition coefficient (Wildman–Crippen LogP) is 6.81. The minimum atomic E-state index is 1.02. The summed E-state index contributed by atoms with van der Waals surface area (Å²) in [6, 6.07) is 30.0. The Labute approximate surface area is 182 Å². The van der Waals surface area contributed by atoms with Crippen LogP contribution in [0.25, 0.3) is 11.6 Å². The van der Waals surface area contributed by atoms with Gasteiger partial charge < -0.3 is 10.2 Å². The molecular formula is C28H34N2. The first-order chi connectivity index (χ1) is 14.8. The van der Waals surface area contributed by atoms with Gasteiger partial charge in [-0.15, -0.1) is 0 Å². The van der Waals surface area contributed by atoms with Gasteiger partial charge in [0.1, 0.15) is 0 Å². The van der Waals surface area contributed by atoms with Gasteiger partial charge in [0.15, 0.2) is 0 Å². The van der Waals surface area contributed by atoms with E-state index in [2.05, 4.69) is 115 Å². The molecule has 0 spiro atoms. The molecule has 0 atom stereocenters. The van der Waals surface area contributed by atoms with E-state index in [9.17, 15) is 0 Å². The van der Waals surface area contributed by atoms with Gasteiger partial charge in [0, 0.05) is 12.2 Å². The van der Waals surface area contributed by atoms with Crippen LogP contribution in [-0.2, 0) is 0 Å². The Kier molecular flexibility index (Phi) is 8.74. The maximum Gasteiger partial charge on any atom is 0.0340 e. The van der Waals surface area contributed by atoms with Gasteiger partial charge in [-0.05, 0) is 72.9 Å². The molecule has 0 aliphatic heterocycles. The van der Waals surface area contributed by atoms with E-state index in [1.807, 2.05) is 0 Å². The molecule has 0 heterocycles. The van der Waals surface area contributed by atoms with Gasteiger partial charge in [-0.25, -0.2) is 0 Å². The van der Waals surface area contributed by atoms with Crippen LogP contribution < -0.4 is 5.32 Å². The molecule has 1 N–H and O–H groups in total. The fourth-order valence-corrected chi connectivity index (χ4v) is 3.67. The summed E-state index contributed by atoms with van der Waals surface area (Å²) in [5.41, 5.74) is 6.11. The third-order valence-corrected chi connectivity index (χ3v) is 5.52. The van der Waals surface area contributed by atoms with Crippen molar-refractivity contribution in [1.82, 2.24) is 4.90 Å². The maximum atomic E-state index is 3.57. The molecule has 0 aliphatic carbocycles.